The molecule has 1 amide bonds. The average Bonchev–Trinajstić information content (AvgIpc) is 2.74. The molecule has 3 fully saturated rings. The number of piperazine rings is 1. The Bertz CT molecular complexity index is 837. The van der Waals surface area contributed by atoms with Crippen molar-refractivity contribution in [1.29, 1.82) is 0 Å². The molecule has 2 saturated heterocycles. The summed E-state index contributed by atoms with van der Waals surface area (Å²) in [6, 6.07) is 5.62. The number of benzene rings is 1. The number of hydrogen-bond donors (Lipinski definition) is 0. The Labute approximate surface area is 172 Å². The van der Waals surface area contributed by atoms with Gasteiger partial charge < -0.3 is 4.90 Å². The van der Waals surface area contributed by atoms with Crippen LogP contribution in [-0.4, -0.2) is 73.7 Å². The first-order valence-electron chi connectivity index (χ1n) is 10.7. The molecule has 0 unspecified atom stereocenters. The third-order valence-electron chi connectivity index (χ3n) is 6.72. The summed E-state index contributed by atoms with van der Waals surface area (Å²) in [6.45, 7) is 2.69. The first kappa shape index (κ1) is 20.8. The molecule has 3 aliphatic rings. The van der Waals surface area contributed by atoms with Crippen molar-refractivity contribution in [1.82, 2.24) is 14.1 Å². The molecule has 0 spiro atoms. The van der Waals surface area contributed by atoms with Crippen molar-refractivity contribution >= 4 is 15.9 Å². The molecule has 1 aromatic rings. The van der Waals surface area contributed by atoms with E-state index >= 15 is 0 Å². The molecule has 1 saturated carbocycles. The topological polar surface area (TPSA) is 60.9 Å². The Balaban J connectivity index is 1.34. The van der Waals surface area contributed by atoms with Gasteiger partial charge in [-0.2, -0.15) is 4.31 Å². The van der Waals surface area contributed by atoms with Crippen LogP contribution in [0.2, 0.25) is 0 Å². The summed E-state index contributed by atoms with van der Waals surface area (Å²) in [5, 5.41) is 0. The number of carbonyl (C=O) groups excluding carboxylic acids is 1. The number of hydrogen-bond acceptors (Lipinski definition) is 4. The minimum Gasteiger partial charge on any atom is -0.339 e. The van der Waals surface area contributed by atoms with Crippen molar-refractivity contribution < 1.29 is 17.6 Å². The summed E-state index contributed by atoms with van der Waals surface area (Å²) >= 11 is 0. The molecule has 4 rings (SSSR count). The maximum atomic E-state index is 13.4. The average molecular weight is 424 g/mol. The molecular weight excluding hydrogens is 393 g/mol. The fraction of sp³-hybridized carbons (Fsp3) is 0.667. The lowest BCUT2D eigenvalue weighted by atomic mass is 9.78. The van der Waals surface area contributed by atoms with Crippen LogP contribution in [-0.2, 0) is 14.8 Å². The summed E-state index contributed by atoms with van der Waals surface area (Å²) < 4.78 is 40.3. The molecule has 0 N–H and O–H groups in total. The van der Waals surface area contributed by atoms with Gasteiger partial charge in [-0.3, -0.25) is 9.69 Å². The number of fused-ring (bicyclic) bond motifs is 1. The van der Waals surface area contributed by atoms with E-state index in [1.54, 1.807) is 4.90 Å². The van der Waals surface area contributed by atoms with E-state index < -0.39 is 15.8 Å². The SMILES string of the molecule is O=C(CN1CCC[C@H]2CCCC[C@@H]21)N1CCN(S(=O)(=O)c2cccc(F)c2)CC1. The quantitative estimate of drug-likeness (QED) is 0.746. The van der Waals surface area contributed by atoms with Crippen LogP contribution in [0.25, 0.3) is 0 Å². The van der Waals surface area contributed by atoms with E-state index in [2.05, 4.69) is 4.90 Å². The van der Waals surface area contributed by atoms with Gasteiger partial charge in [-0.15, -0.1) is 0 Å². The molecule has 0 bridgehead atoms. The summed E-state index contributed by atoms with van der Waals surface area (Å²) in [4.78, 5) is 17.0. The second kappa shape index (κ2) is 8.70. The standard InChI is InChI=1S/C21H30FN3O3S/c22-18-7-3-8-19(15-18)29(27,28)25-13-11-23(12-14-25)21(26)16-24-10-4-6-17-5-1-2-9-20(17)24/h3,7-8,15,17,20H,1-2,4-6,9-14,16H2/t17-,20+/m1/s1. The zero-order valence-electron chi connectivity index (χ0n) is 16.8. The molecule has 2 heterocycles. The lowest BCUT2D eigenvalue weighted by molar-refractivity contribution is -0.135. The second-order valence-corrected chi connectivity index (χ2v) is 10.4. The van der Waals surface area contributed by atoms with Crippen molar-refractivity contribution in [3.8, 4) is 0 Å². The summed E-state index contributed by atoms with van der Waals surface area (Å²) in [7, 11) is -3.73. The fourth-order valence-electron chi connectivity index (χ4n) is 5.15. The number of piperidine rings is 1. The molecule has 0 aromatic heterocycles. The van der Waals surface area contributed by atoms with Crippen molar-refractivity contribution in [3.63, 3.8) is 0 Å². The van der Waals surface area contributed by atoms with Crippen LogP contribution in [0.3, 0.4) is 0 Å². The van der Waals surface area contributed by atoms with Gasteiger partial charge in [0, 0.05) is 32.2 Å². The van der Waals surface area contributed by atoms with Crippen molar-refractivity contribution in [3.05, 3.63) is 30.1 Å². The Morgan fingerprint density at radius 2 is 1.72 bits per heavy atom. The van der Waals surface area contributed by atoms with Crippen molar-refractivity contribution in [2.24, 2.45) is 5.92 Å². The number of nitrogens with zero attached hydrogens (tertiary/aromatic N) is 3. The monoisotopic (exact) mass is 423 g/mol. The third-order valence-corrected chi connectivity index (χ3v) is 8.62. The number of carbonyl (C=O) groups is 1. The van der Waals surface area contributed by atoms with Crippen LogP contribution in [0.1, 0.15) is 38.5 Å². The Morgan fingerprint density at radius 3 is 2.48 bits per heavy atom. The van der Waals surface area contributed by atoms with Crippen LogP contribution in [0.5, 0.6) is 0 Å². The van der Waals surface area contributed by atoms with Gasteiger partial charge in [0.05, 0.1) is 11.4 Å². The summed E-state index contributed by atoms with van der Waals surface area (Å²) in [6.07, 6.45) is 7.48. The van der Waals surface area contributed by atoms with Gasteiger partial charge in [-0.05, 0) is 56.3 Å². The molecule has 8 heteroatoms. The zero-order chi connectivity index (χ0) is 20.4. The van der Waals surface area contributed by atoms with E-state index in [-0.39, 0.29) is 23.9 Å². The Kier molecular flexibility index (Phi) is 6.22. The summed E-state index contributed by atoms with van der Waals surface area (Å²) in [5.41, 5.74) is 0. The largest absolute Gasteiger partial charge is 0.339 e. The number of halogens is 1. The zero-order valence-corrected chi connectivity index (χ0v) is 17.6. The Hall–Kier alpha value is -1.51. The van der Waals surface area contributed by atoms with Gasteiger partial charge in [0.1, 0.15) is 5.82 Å². The van der Waals surface area contributed by atoms with E-state index in [1.807, 2.05) is 0 Å². The van der Waals surface area contributed by atoms with Gasteiger partial charge in [-0.25, -0.2) is 12.8 Å². The minimum absolute atomic E-state index is 0.0334. The van der Waals surface area contributed by atoms with E-state index in [0.717, 1.165) is 24.9 Å². The van der Waals surface area contributed by atoms with Gasteiger partial charge >= 0.3 is 0 Å². The highest BCUT2D eigenvalue weighted by Gasteiger charge is 2.36. The van der Waals surface area contributed by atoms with Crippen LogP contribution >= 0.6 is 0 Å². The lowest BCUT2D eigenvalue weighted by Crippen LogP contribution is -2.55. The second-order valence-electron chi connectivity index (χ2n) is 8.47. The molecule has 29 heavy (non-hydrogen) atoms. The number of rotatable bonds is 4. The molecule has 6 nitrogen and oxygen atoms in total. The third kappa shape index (κ3) is 4.49. The predicted molar refractivity (Wildman–Crippen MR) is 108 cm³/mol. The highest BCUT2D eigenvalue weighted by molar-refractivity contribution is 7.89. The number of sulfonamides is 1. The first-order valence-corrected chi connectivity index (χ1v) is 12.2. The normalized spacial score (nSPS) is 26.9. The molecule has 1 aliphatic carbocycles. The molecule has 160 valence electrons. The molecule has 2 aliphatic heterocycles. The highest BCUT2D eigenvalue weighted by atomic mass is 32.2. The molecule has 1 aromatic carbocycles. The first-order chi connectivity index (χ1) is 13.9. The smallest absolute Gasteiger partial charge is 0.243 e. The molecule has 2 atom stereocenters. The summed E-state index contributed by atoms with van der Waals surface area (Å²) in [5.74, 6) is 0.264. The molecule has 0 radical (unpaired) electrons. The maximum Gasteiger partial charge on any atom is 0.243 e. The predicted octanol–water partition coefficient (Wildman–Crippen LogP) is 2.31. The van der Waals surface area contributed by atoms with Gasteiger partial charge in [0.15, 0.2) is 0 Å². The number of likely N-dealkylation sites (tertiary alicyclic amines) is 1. The van der Waals surface area contributed by atoms with Crippen molar-refractivity contribution in [2.45, 2.75) is 49.5 Å². The Morgan fingerprint density at radius 1 is 1.00 bits per heavy atom. The fourth-order valence-corrected chi connectivity index (χ4v) is 6.61. The number of amides is 1. The van der Waals surface area contributed by atoms with Crippen LogP contribution < -0.4 is 0 Å². The van der Waals surface area contributed by atoms with Crippen molar-refractivity contribution in [2.75, 3.05) is 39.3 Å². The van der Waals surface area contributed by atoms with Gasteiger partial charge in [-0.1, -0.05) is 18.9 Å². The van der Waals surface area contributed by atoms with Gasteiger partial charge in [0.2, 0.25) is 15.9 Å². The van der Waals surface area contributed by atoms with E-state index in [4.69, 9.17) is 0 Å². The van der Waals surface area contributed by atoms with Crippen LogP contribution in [0.15, 0.2) is 29.2 Å². The maximum absolute atomic E-state index is 13.4. The van der Waals surface area contributed by atoms with Crippen LogP contribution in [0, 0.1) is 11.7 Å². The minimum atomic E-state index is -3.73. The highest BCUT2D eigenvalue weighted by Crippen LogP contribution is 2.35. The van der Waals surface area contributed by atoms with E-state index in [0.29, 0.717) is 25.7 Å². The van der Waals surface area contributed by atoms with Crippen LogP contribution in [0.4, 0.5) is 4.39 Å². The molecular formula is C21H30FN3O3S. The van der Waals surface area contributed by atoms with E-state index in [9.17, 15) is 17.6 Å². The van der Waals surface area contributed by atoms with Gasteiger partial charge in [0.25, 0.3) is 0 Å². The lowest BCUT2D eigenvalue weighted by Gasteiger charge is -2.44. The van der Waals surface area contributed by atoms with E-state index in [1.165, 1.54) is 54.6 Å².